The number of benzene rings is 2. The average Bonchev–Trinajstić information content (AvgIpc) is 2.89. The largest absolute Gasteiger partial charge is 0.508 e. The molecule has 0 saturated heterocycles. The van der Waals surface area contributed by atoms with Crippen LogP contribution in [-0.2, 0) is 32.8 Å². The molecule has 0 spiro atoms. The fourth-order valence-corrected chi connectivity index (χ4v) is 6.91. The van der Waals surface area contributed by atoms with Gasteiger partial charge in [-0.25, -0.2) is 0 Å². The van der Waals surface area contributed by atoms with Crippen molar-refractivity contribution in [2.75, 3.05) is 21.2 Å². The molecule has 1 fully saturated rings. The molecule has 0 aliphatic heterocycles. The van der Waals surface area contributed by atoms with Gasteiger partial charge in [0.25, 0.3) is 5.91 Å². The highest BCUT2D eigenvalue weighted by atomic mass is 16.5. The van der Waals surface area contributed by atoms with Gasteiger partial charge in [0.1, 0.15) is 28.6 Å². The number of ether oxygens (including phenoxy) is 1. The average molecular weight is 591 g/mol. The van der Waals surface area contributed by atoms with Crippen LogP contribution in [-0.4, -0.2) is 69.6 Å². The summed E-state index contributed by atoms with van der Waals surface area (Å²) in [6.07, 6.45) is -0.0944. The number of nitrogens with two attached hydrogens (primary N) is 1. The molecule has 0 heterocycles. The first-order valence-electron chi connectivity index (χ1n) is 14.2. The number of rotatable bonds is 5. The molecule has 1 saturated carbocycles. The molecule has 5 rings (SSSR count). The summed E-state index contributed by atoms with van der Waals surface area (Å²) in [5.41, 5.74) is 4.89. The first-order chi connectivity index (χ1) is 20.0. The number of hydrogen-bond acceptors (Lipinski definition) is 9. The van der Waals surface area contributed by atoms with Gasteiger partial charge >= 0.3 is 0 Å². The van der Waals surface area contributed by atoms with Crippen LogP contribution in [0.3, 0.4) is 0 Å². The number of carbonyl (C=O) groups excluding carboxylic acids is 3. The van der Waals surface area contributed by atoms with Crippen LogP contribution in [0.4, 0.5) is 0 Å². The highest BCUT2D eigenvalue weighted by Gasteiger charge is 2.60. The predicted octanol–water partition coefficient (Wildman–Crippen LogP) is 3.46. The van der Waals surface area contributed by atoms with Crippen molar-refractivity contribution in [1.29, 1.82) is 0 Å². The summed E-state index contributed by atoms with van der Waals surface area (Å²) in [4.78, 5) is 40.6. The van der Waals surface area contributed by atoms with E-state index in [4.69, 9.17) is 10.5 Å². The van der Waals surface area contributed by atoms with Gasteiger partial charge in [-0.3, -0.25) is 14.4 Å². The van der Waals surface area contributed by atoms with Gasteiger partial charge in [0, 0.05) is 30.0 Å². The Morgan fingerprint density at radius 1 is 1.09 bits per heavy atom. The molecule has 1 amide bonds. The van der Waals surface area contributed by atoms with Gasteiger partial charge < -0.3 is 35.8 Å². The fourth-order valence-electron chi connectivity index (χ4n) is 6.91. The SMILES string of the molecule is COc1cc(CN(C)C)cc(-c2cc(C(C)(C)C)c(O)c3c2CC2CC4CC(=O)C(C(N)=O)=C(O)C4(O)C(=O)C2=C3O)c1. The monoisotopic (exact) mass is 590 g/mol. The maximum atomic E-state index is 14.0. The minimum Gasteiger partial charge on any atom is -0.508 e. The fraction of sp³-hybridized carbons (Fsp3) is 0.424. The Morgan fingerprint density at radius 3 is 2.35 bits per heavy atom. The van der Waals surface area contributed by atoms with E-state index in [9.17, 15) is 34.8 Å². The molecular formula is C33H38N2O8. The first kappa shape index (κ1) is 30.3. The molecule has 0 bridgehead atoms. The number of phenolic OH excluding ortho intramolecular Hbond substituents is 1. The number of fused-ring (bicyclic) bond motifs is 3. The molecule has 2 aromatic rings. The molecule has 3 atom stereocenters. The first-order valence-corrected chi connectivity index (χ1v) is 14.2. The molecule has 43 heavy (non-hydrogen) atoms. The van der Waals surface area contributed by atoms with Gasteiger partial charge in [-0.2, -0.15) is 0 Å². The van der Waals surface area contributed by atoms with Gasteiger partial charge in [-0.1, -0.05) is 20.8 Å². The number of aliphatic hydroxyl groups excluding tert-OH is 2. The Bertz CT molecular complexity index is 1640. The van der Waals surface area contributed by atoms with Crippen molar-refractivity contribution in [2.45, 2.75) is 57.6 Å². The second kappa shape index (κ2) is 10.2. The summed E-state index contributed by atoms with van der Waals surface area (Å²) in [6.45, 7) is 6.40. The zero-order chi connectivity index (χ0) is 31.8. The van der Waals surface area contributed by atoms with Gasteiger partial charge in [-0.15, -0.1) is 0 Å². The van der Waals surface area contributed by atoms with Crippen LogP contribution in [0.1, 0.15) is 55.9 Å². The molecule has 3 aliphatic carbocycles. The van der Waals surface area contributed by atoms with E-state index < -0.39 is 57.4 Å². The number of phenols is 1. The molecule has 2 aromatic carbocycles. The Labute approximate surface area is 250 Å². The highest BCUT2D eigenvalue weighted by Crippen LogP contribution is 2.54. The van der Waals surface area contributed by atoms with Crippen LogP contribution in [0.25, 0.3) is 16.9 Å². The van der Waals surface area contributed by atoms with Crippen LogP contribution in [0.2, 0.25) is 0 Å². The van der Waals surface area contributed by atoms with E-state index in [1.165, 1.54) is 0 Å². The van der Waals surface area contributed by atoms with Crippen LogP contribution in [0.15, 0.2) is 41.2 Å². The number of amides is 1. The maximum Gasteiger partial charge on any atom is 0.255 e. The molecule has 10 nitrogen and oxygen atoms in total. The van der Waals surface area contributed by atoms with E-state index in [1.54, 1.807) is 7.11 Å². The second-order valence-corrected chi connectivity index (χ2v) is 13.1. The van der Waals surface area contributed by atoms with Crippen molar-refractivity contribution in [2.24, 2.45) is 17.6 Å². The number of nitrogens with zero attached hydrogens (tertiary/aromatic N) is 1. The summed E-state index contributed by atoms with van der Waals surface area (Å²) >= 11 is 0. The summed E-state index contributed by atoms with van der Waals surface area (Å²) in [5.74, 6) is -5.83. The molecule has 0 radical (unpaired) electrons. The summed E-state index contributed by atoms with van der Waals surface area (Å²) in [5, 5.41) is 45.8. The van der Waals surface area contributed by atoms with Crippen LogP contribution in [0, 0.1) is 11.8 Å². The summed E-state index contributed by atoms with van der Waals surface area (Å²) < 4.78 is 5.61. The van der Waals surface area contributed by atoms with Crippen molar-refractivity contribution in [3.63, 3.8) is 0 Å². The molecule has 0 aromatic heterocycles. The number of ketones is 2. The topological polar surface area (TPSA) is 171 Å². The molecule has 10 heteroatoms. The molecule has 6 N–H and O–H groups in total. The number of aliphatic hydroxyl groups is 3. The van der Waals surface area contributed by atoms with Gasteiger partial charge in [-0.05, 0) is 84.8 Å². The van der Waals surface area contributed by atoms with Gasteiger partial charge in [0.05, 0.1) is 12.7 Å². The highest BCUT2D eigenvalue weighted by molar-refractivity contribution is 6.22. The Balaban J connectivity index is 1.79. The van der Waals surface area contributed by atoms with E-state index in [-0.39, 0.29) is 36.1 Å². The molecular weight excluding hydrogens is 552 g/mol. The second-order valence-electron chi connectivity index (χ2n) is 13.1. The number of hydrogen-bond donors (Lipinski definition) is 5. The predicted molar refractivity (Wildman–Crippen MR) is 159 cm³/mol. The third-order valence-corrected chi connectivity index (χ3v) is 8.88. The third-order valence-electron chi connectivity index (χ3n) is 8.88. The minimum absolute atomic E-state index is 0.0636. The maximum absolute atomic E-state index is 14.0. The number of Topliss-reactive ketones (excluding diaryl/α,β-unsaturated/α-hetero) is 2. The standard InChI is InChI=1S/C33H38N2O8/c1-32(2,3)22-13-20(16-7-15(14-35(4)5)8-19(10-16)43-6)21-11-17-9-18-12-23(36)26(31(34)41)30(40)33(18,42)29(39)24(17)28(38)25(21)27(22)37/h7-8,10,13,17-18,37-38,40,42H,9,11-12,14H2,1-6H3,(H2,34,41). The van der Waals surface area contributed by atoms with Crippen molar-refractivity contribution in [3.05, 3.63) is 63.4 Å². The number of carbonyl (C=O) groups is 3. The lowest BCUT2D eigenvalue weighted by atomic mass is 9.59. The van der Waals surface area contributed by atoms with Crippen molar-refractivity contribution in [1.82, 2.24) is 4.90 Å². The van der Waals surface area contributed by atoms with E-state index in [0.29, 0.717) is 23.4 Å². The lowest BCUT2D eigenvalue weighted by Crippen LogP contribution is -2.58. The number of methoxy groups -OCH3 is 1. The summed E-state index contributed by atoms with van der Waals surface area (Å²) in [6, 6.07) is 7.75. The molecule has 3 unspecified atom stereocenters. The van der Waals surface area contributed by atoms with E-state index in [0.717, 1.165) is 16.7 Å². The molecule has 3 aliphatic rings. The zero-order valence-electron chi connectivity index (χ0n) is 25.2. The van der Waals surface area contributed by atoms with Gasteiger partial charge in [0.2, 0.25) is 5.78 Å². The third kappa shape index (κ3) is 4.69. The van der Waals surface area contributed by atoms with E-state index >= 15 is 0 Å². The quantitative estimate of drug-likeness (QED) is 0.327. The van der Waals surface area contributed by atoms with Crippen molar-refractivity contribution in [3.8, 4) is 22.6 Å². The lowest BCUT2D eigenvalue weighted by molar-refractivity contribution is -0.147. The van der Waals surface area contributed by atoms with Crippen LogP contribution < -0.4 is 10.5 Å². The molecule has 228 valence electrons. The number of primary amides is 1. The minimum atomic E-state index is -2.61. The van der Waals surface area contributed by atoms with Crippen molar-refractivity contribution < 1.29 is 39.5 Å². The Morgan fingerprint density at radius 2 is 1.77 bits per heavy atom. The van der Waals surface area contributed by atoms with Crippen LogP contribution in [0.5, 0.6) is 11.5 Å². The Kier molecular flexibility index (Phi) is 7.22. The van der Waals surface area contributed by atoms with E-state index in [1.807, 2.05) is 64.0 Å². The van der Waals surface area contributed by atoms with Crippen LogP contribution >= 0.6 is 0 Å². The lowest BCUT2D eigenvalue weighted by Gasteiger charge is -2.46. The zero-order valence-corrected chi connectivity index (χ0v) is 25.2. The normalized spacial score (nSPS) is 23.7. The van der Waals surface area contributed by atoms with E-state index in [2.05, 4.69) is 0 Å². The Hall–Kier alpha value is -4.15. The number of aromatic hydroxyl groups is 1. The summed E-state index contributed by atoms with van der Waals surface area (Å²) in [7, 11) is 5.50. The van der Waals surface area contributed by atoms with Gasteiger partial charge in [0.15, 0.2) is 11.4 Å². The smallest absolute Gasteiger partial charge is 0.255 e. The van der Waals surface area contributed by atoms with Crippen molar-refractivity contribution >= 4 is 23.2 Å².